The number of halogens is 1. The van der Waals surface area contributed by atoms with E-state index >= 15 is 0 Å². The van der Waals surface area contributed by atoms with E-state index in [1.807, 2.05) is 12.1 Å². The molecule has 0 aromatic heterocycles. The van der Waals surface area contributed by atoms with Crippen molar-refractivity contribution >= 4 is 29.1 Å². The van der Waals surface area contributed by atoms with Crippen LogP contribution in [0.15, 0.2) is 42.5 Å². The van der Waals surface area contributed by atoms with Gasteiger partial charge in [0.25, 0.3) is 11.8 Å². The highest BCUT2D eigenvalue weighted by Gasteiger charge is 2.24. The van der Waals surface area contributed by atoms with Crippen LogP contribution in [-0.4, -0.2) is 24.9 Å². The van der Waals surface area contributed by atoms with Crippen LogP contribution in [0, 0.1) is 0 Å². The Morgan fingerprint density at radius 2 is 1.85 bits per heavy atom. The standard InChI is InChI=1S/C21H23ClN2O2/c1-2-3-12-23-20(25)17-8-11-19-16(14-17)5-4-13-24(19)21(26)15-6-9-18(22)10-7-15/h6-11,14H,2-5,12-13H2,1H3,(H,23,25). The molecule has 0 radical (unpaired) electrons. The molecule has 1 aliphatic heterocycles. The number of aryl methyl sites for hydroxylation is 1. The molecule has 0 atom stereocenters. The minimum Gasteiger partial charge on any atom is -0.352 e. The molecule has 5 heteroatoms. The predicted octanol–water partition coefficient (Wildman–Crippen LogP) is 4.46. The Morgan fingerprint density at radius 1 is 1.12 bits per heavy atom. The van der Waals surface area contributed by atoms with Crippen LogP contribution in [0.2, 0.25) is 5.02 Å². The van der Waals surface area contributed by atoms with E-state index in [-0.39, 0.29) is 11.8 Å². The monoisotopic (exact) mass is 370 g/mol. The maximum Gasteiger partial charge on any atom is 0.258 e. The number of amides is 2. The van der Waals surface area contributed by atoms with Gasteiger partial charge in [0.15, 0.2) is 0 Å². The van der Waals surface area contributed by atoms with E-state index in [0.717, 1.165) is 36.9 Å². The molecule has 0 aliphatic carbocycles. The molecule has 26 heavy (non-hydrogen) atoms. The Kier molecular flexibility index (Phi) is 5.94. The molecule has 0 fully saturated rings. The number of carbonyl (C=O) groups is 2. The van der Waals surface area contributed by atoms with Gasteiger partial charge in [0.05, 0.1) is 0 Å². The fourth-order valence-corrected chi connectivity index (χ4v) is 3.30. The zero-order valence-corrected chi connectivity index (χ0v) is 15.7. The average molecular weight is 371 g/mol. The Morgan fingerprint density at radius 3 is 2.58 bits per heavy atom. The van der Waals surface area contributed by atoms with Crippen LogP contribution in [-0.2, 0) is 6.42 Å². The lowest BCUT2D eigenvalue weighted by Crippen LogP contribution is -2.35. The van der Waals surface area contributed by atoms with Crippen molar-refractivity contribution in [1.29, 1.82) is 0 Å². The first-order valence-corrected chi connectivity index (χ1v) is 9.46. The fraction of sp³-hybridized carbons (Fsp3) is 0.333. The van der Waals surface area contributed by atoms with Gasteiger partial charge in [0.1, 0.15) is 0 Å². The first-order valence-electron chi connectivity index (χ1n) is 9.08. The quantitative estimate of drug-likeness (QED) is 0.790. The number of rotatable bonds is 5. The van der Waals surface area contributed by atoms with Crippen molar-refractivity contribution in [2.24, 2.45) is 0 Å². The van der Waals surface area contributed by atoms with Crippen LogP contribution in [0.4, 0.5) is 5.69 Å². The normalized spacial score (nSPS) is 13.2. The summed E-state index contributed by atoms with van der Waals surface area (Å²) in [4.78, 5) is 26.9. The van der Waals surface area contributed by atoms with E-state index < -0.39 is 0 Å². The minimum atomic E-state index is -0.0533. The number of hydrogen-bond acceptors (Lipinski definition) is 2. The second-order valence-electron chi connectivity index (χ2n) is 6.52. The van der Waals surface area contributed by atoms with E-state index in [1.165, 1.54) is 0 Å². The van der Waals surface area contributed by atoms with Crippen molar-refractivity contribution in [2.75, 3.05) is 18.0 Å². The Hall–Kier alpha value is -2.33. The summed E-state index contributed by atoms with van der Waals surface area (Å²) in [5.74, 6) is -0.0924. The number of anilines is 1. The van der Waals surface area contributed by atoms with Crippen LogP contribution in [0.1, 0.15) is 52.5 Å². The van der Waals surface area contributed by atoms with Crippen LogP contribution < -0.4 is 10.2 Å². The third-order valence-electron chi connectivity index (χ3n) is 4.61. The molecule has 2 amide bonds. The Bertz CT molecular complexity index is 802. The SMILES string of the molecule is CCCCNC(=O)c1ccc2c(c1)CCCN2C(=O)c1ccc(Cl)cc1. The summed E-state index contributed by atoms with van der Waals surface area (Å²) >= 11 is 5.91. The van der Waals surface area contributed by atoms with Crippen molar-refractivity contribution < 1.29 is 9.59 Å². The largest absolute Gasteiger partial charge is 0.352 e. The lowest BCUT2D eigenvalue weighted by atomic mass is 9.98. The summed E-state index contributed by atoms with van der Waals surface area (Å²) in [5, 5.41) is 3.55. The second kappa shape index (κ2) is 8.37. The van der Waals surface area contributed by atoms with E-state index in [4.69, 9.17) is 11.6 Å². The van der Waals surface area contributed by atoms with Crippen LogP contribution in [0.5, 0.6) is 0 Å². The van der Waals surface area contributed by atoms with Gasteiger partial charge in [-0.3, -0.25) is 9.59 Å². The zero-order valence-electron chi connectivity index (χ0n) is 14.9. The number of nitrogens with zero attached hydrogens (tertiary/aromatic N) is 1. The van der Waals surface area contributed by atoms with Gasteiger partial charge in [-0.05, 0) is 67.3 Å². The smallest absolute Gasteiger partial charge is 0.258 e. The van der Waals surface area contributed by atoms with Crippen LogP contribution >= 0.6 is 11.6 Å². The van der Waals surface area contributed by atoms with Crippen molar-refractivity contribution in [3.63, 3.8) is 0 Å². The van der Waals surface area contributed by atoms with E-state index in [9.17, 15) is 9.59 Å². The molecule has 4 nitrogen and oxygen atoms in total. The fourth-order valence-electron chi connectivity index (χ4n) is 3.18. The summed E-state index contributed by atoms with van der Waals surface area (Å²) in [5.41, 5.74) is 3.20. The number of benzene rings is 2. The van der Waals surface area contributed by atoms with Gasteiger partial charge in [-0.25, -0.2) is 0 Å². The molecule has 1 aliphatic rings. The summed E-state index contributed by atoms with van der Waals surface area (Å²) in [6, 6.07) is 12.5. The summed E-state index contributed by atoms with van der Waals surface area (Å²) in [7, 11) is 0. The van der Waals surface area contributed by atoms with Crippen molar-refractivity contribution in [3.8, 4) is 0 Å². The molecule has 0 bridgehead atoms. The molecule has 2 aromatic rings. The molecule has 136 valence electrons. The van der Waals surface area contributed by atoms with Gasteiger partial charge in [0, 0.05) is 34.9 Å². The van der Waals surface area contributed by atoms with Crippen LogP contribution in [0.3, 0.4) is 0 Å². The molecule has 1 N–H and O–H groups in total. The third kappa shape index (κ3) is 4.07. The first-order chi connectivity index (χ1) is 12.6. The molecular formula is C21H23ClN2O2. The maximum atomic E-state index is 12.9. The van der Waals surface area contributed by atoms with Crippen molar-refractivity contribution in [3.05, 3.63) is 64.2 Å². The second-order valence-corrected chi connectivity index (χ2v) is 6.96. The zero-order chi connectivity index (χ0) is 18.5. The maximum absolute atomic E-state index is 12.9. The Balaban J connectivity index is 1.80. The van der Waals surface area contributed by atoms with Gasteiger partial charge in [0.2, 0.25) is 0 Å². The summed E-state index contributed by atoms with van der Waals surface area (Å²) < 4.78 is 0. The van der Waals surface area contributed by atoms with E-state index in [0.29, 0.717) is 29.2 Å². The highest BCUT2D eigenvalue weighted by Crippen LogP contribution is 2.29. The number of unbranched alkanes of at least 4 members (excludes halogenated alkanes) is 1. The van der Waals surface area contributed by atoms with Crippen molar-refractivity contribution in [1.82, 2.24) is 5.32 Å². The van der Waals surface area contributed by atoms with Crippen molar-refractivity contribution in [2.45, 2.75) is 32.6 Å². The van der Waals surface area contributed by atoms with Crippen LogP contribution in [0.25, 0.3) is 0 Å². The number of fused-ring (bicyclic) bond motifs is 1. The molecule has 0 saturated carbocycles. The molecular weight excluding hydrogens is 348 g/mol. The number of carbonyl (C=O) groups excluding carboxylic acids is 2. The average Bonchev–Trinajstić information content (AvgIpc) is 2.67. The predicted molar refractivity (Wildman–Crippen MR) is 105 cm³/mol. The van der Waals surface area contributed by atoms with Gasteiger partial charge < -0.3 is 10.2 Å². The molecule has 0 unspecified atom stereocenters. The molecule has 1 heterocycles. The highest BCUT2D eigenvalue weighted by molar-refractivity contribution is 6.30. The topological polar surface area (TPSA) is 49.4 Å². The van der Waals surface area contributed by atoms with Gasteiger partial charge >= 0.3 is 0 Å². The first kappa shape index (κ1) is 18.5. The summed E-state index contributed by atoms with van der Waals surface area (Å²) in [6.45, 7) is 3.46. The van der Waals surface area contributed by atoms with Gasteiger partial charge in [-0.2, -0.15) is 0 Å². The van der Waals surface area contributed by atoms with Gasteiger partial charge in [-0.15, -0.1) is 0 Å². The molecule has 3 rings (SSSR count). The van der Waals surface area contributed by atoms with E-state index in [1.54, 1.807) is 35.2 Å². The minimum absolute atomic E-state index is 0.0391. The third-order valence-corrected chi connectivity index (χ3v) is 4.86. The molecule has 2 aromatic carbocycles. The molecule has 0 saturated heterocycles. The molecule has 0 spiro atoms. The van der Waals surface area contributed by atoms with Gasteiger partial charge in [-0.1, -0.05) is 24.9 Å². The Labute approximate surface area is 159 Å². The highest BCUT2D eigenvalue weighted by atomic mass is 35.5. The number of nitrogens with one attached hydrogen (secondary N) is 1. The number of hydrogen-bond donors (Lipinski definition) is 1. The lowest BCUT2D eigenvalue weighted by molar-refractivity contribution is 0.0952. The summed E-state index contributed by atoms with van der Waals surface area (Å²) in [6.07, 6.45) is 3.77. The van der Waals surface area contributed by atoms with E-state index in [2.05, 4.69) is 12.2 Å². The lowest BCUT2D eigenvalue weighted by Gasteiger charge is -2.30.